The predicted molar refractivity (Wildman–Crippen MR) is 109 cm³/mol. The van der Waals surface area contributed by atoms with Gasteiger partial charge < -0.3 is 9.64 Å². The lowest BCUT2D eigenvalue weighted by Gasteiger charge is -2.39. The maximum absolute atomic E-state index is 13.3. The number of fused-ring (bicyclic) bond motifs is 1. The molecule has 0 bridgehead atoms. The quantitative estimate of drug-likeness (QED) is 0.618. The van der Waals surface area contributed by atoms with Crippen LogP contribution in [0.2, 0.25) is 0 Å². The molecule has 1 aliphatic rings. The topological polar surface area (TPSA) is 76.8 Å². The Hall–Kier alpha value is -3.29. The number of carbonyl (C=O) groups excluding carboxylic acids is 2. The van der Waals surface area contributed by atoms with Gasteiger partial charge in [0.25, 0.3) is 5.91 Å². The second kappa shape index (κ2) is 7.19. The molecule has 1 aromatic carbocycles. The van der Waals surface area contributed by atoms with Gasteiger partial charge in [0.05, 0.1) is 18.4 Å². The minimum absolute atomic E-state index is 0.126. The molecule has 1 amide bonds. The van der Waals surface area contributed by atoms with Crippen LogP contribution in [0, 0.1) is 5.82 Å². The van der Waals surface area contributed by atoms with Crippen molar-refractivity contribution in [3.63, 3.8) is 0 Å². The Morgan fingerprint density at radius 1 is 1.23 bits per heavy atom. The largest absolute Gasteiger partial charge is 0.462 e. The number of benzene rings is 1. The molecular weight excluding hydrogens is 387 g/mol. The maximum atomic E-state index is 13.3. The molecule has 0 spiro atoms. The second-order valence-corrected chi connectivity index (χ2v) is 8.19. The summed E-state index contributed by atoms with van der Waals surface area (Å²) < 4.78 is 20.0. The molecule has 4 rings (SSSR count). The Balaban J connectivity index is 1.80. The highest BCUT2D eigenvalue weighted by Crippen LogP contribution is 2.27. The minimum Gasteiger partial charge on any atom is -0.462 e. The summed E-state index contributed by atoms with van der Waals surface area (Å²) in [5.74, 6) is -0.978. The average Bonchev–Trinajstić information content (AvgIpc) is 3.13. The molecule has 0 radical (unpaired) electrons. The van der Waals surface area contributed by atoms with Crippen LogP contribution in [0.5, 0.6) is 0 Å². The van der Waals surface area contributed by atoms with Gasteiger partial charge in [-0.1, -0.05) is 13.8 Å². The number of hydrogen-bond acceptors (Lipinski definition) is 5. The smallest absolute Gasteiger partial charge is 0.331 e. The zero-order chi connectivity index (χ0) is 21.6. The molecule has 0 unspecified atom stereocenters. The summed E-state index contributed by atoms with van der Waals surface area (Å²) >= 11 is 0. The first-order valence-electron chi connectivity index (χ1n) is 9.84. The van der Waals surface area contributed by atoms with Crippen LogP contribution in [0.3, 0.4) is 0 Å². The van der Waals surface area contributed by atoms with E-state index in [1.165, 1.54) is 17.0 Å². The molecule has 0 saturated carbocycles. The van der Waals surface area contributed by atoms with E-state index in [0.29, 0.717) is 17.9 Å². The highest BCUT2D eigenvalue weighted by Gasteiger charge is 2.43. The molecular formula is C22H23FN4O3. The molecule has 0 N–H and O–H groups in total. The van der Waals surface area contributed by atoms with Crippen molar-refractivity contribution < 1.29 is 18.7 Å². The highest BCUT2D eigenvalue weighted by molar-refractivity contribution is 5.97. The number of imidazole rings is 1. The Kier molecular flexibility index (Phi) is 4.80. The van der Waals surface area contributed by atoms with Crippen molar-refractivity contribution in [3.05, 3.63) is 53.6 Å². The summed E-state index contributed by atoms with van der Waals surface area (Å²) in [6.07, 6.45) is 1.58. The number of morpholine rings is 1. The van der Waals surface area contributed by atoms with Crippen molar-refractivity contribution in [2.45, 2.75) is 39.2 Å². The van der Waals surface area contributed by atoms with Crippen molar-refractivity contribution in [2.75, 3.05) is 13.2 Å². The van der Waals surface area contributed by atoms with Gasteiger partial charge in [0, 0.05) is 11.1 Å². The third kappa shape index (κ3) is 3.32. The van der Waals surface area contributed by atoms with Crippen molar-refractivity contribution >= 4 is 17.5 Å². The number of rotatable bonds is 3. The van der Waals surface area contributed by atoms with Crippen LogP contribution in [-0.4, -0.2) is 50.1 Å². The van der Waals surface area contributed by atoms with Crippen molar-refractivity contribution in [2.24, 2.45) is 0 Å². The molecule has 0 aliphatic carbocycles. The number of carbonyl (C=O) groups is 2. The van der Waals surface area contributed by atoms with E-state index in [4.69, 9.17) is 4.74 Å². The van der Waals surface area contributed by atoms with E-state index in [-0.39, 0.29) is 29.9 Å². The number of cyclic esters (lactones) is 1. The number of amides is 1. The van der Waals surface area contributed by atoms with Gasteiger partial charge in [-0.2, -0.15) is 5.10 Å². The highest BCUT2D eigenvalue weighted by atomic mass is 19.1. The summed E-state index contributed by atoms with van der Waals surface area (Å²) in [4.78, 5) is 31.3. The van der Waals surface area contributed by atoms with Crippen LogP contribution >= 0.6 is 0 Å². The SMILES string of the molecule is CC(C)c1cc(-c2ccc(F)cc2)nn2cc(C(=O)N3CCOC(=O)C3(C)C)nc12. The van der Waals surface area contributed by atoms with Crippen molar-refractivity contribution in [1.82, 2.24) is 19.5 Å². The van der Waals surface area contributed by atoms with Crippen LogP contribution in [0.25, 0.3) is 16.9 Å². The molecule has 30 heavy (non-hydrogen) atoms. The van der Waals surface area contributed by atoms with Gasteiger partial charge in [0.2, 0.25) is 0 Å². The molecule has 3 heterocycles. The summed E-state index contributed by atoms with van der Waals surface area (Å²) in [6.45, 7) is 7.84. The van der Waals surface area contributed by atoms with Crippen LogP contribution < -0.4 is 0 Å². The summed E-state index contributed by atoms with van der Waals surface area (Å²) in [6, 6.07) is 8.01. The van der Waals surface area contributed by atoms with E-state index in [0.717, 1.165) is 11.1 Å². The van der Waals surface area contributed by atoms with E-state index in [1.807, 2.05) is 19.9 Å². The number of hydrogen-bond donors (Lipinski definition) is 0. The molecule has 7 nitrogen and oxygen atoms in total. The summed E-state index contributed by atoms with van der Waals surface area (Å²) in [7, 11) is 0. The third-order valence-corrected chi connectivity index (χ3v) is 5.40. The molecule has 2 aromatic heterocycles. The fourth-order valence-corrected chi connectivity index (χ4v) is 3.58. The molecule has 156 valence electrons. The van der Waals surface area contributed by atoms with Gasteiger partial charge >= 0.3 is 5.97 Å². The van der Waals surface area contributed by atoms with Gasteiger partial charge in [-0.15, -0.1) is 0 Å². The monoisotopic (exact) mass is 410 g/mol. The van der Waals surface area contributed by atoms with Crippen LogP contribution in [0.15, 0.2) is 36.5 Å². The van der Waals surface area contributed by atoms with Crippen molar-refractivity contribution in [1.29, 1.82) is 0 Å². The number of aromatic nitrogens is 3. The normalized spacial score (nSPS) is 16.2. The van der Waals surface area contributed by atoms with Crippen molar-refractivity contribution in [3.8, 4) is 11.3 Å². The molecule has 0 atom stereocenters. The molecule has 3 aromatic rings. The third-order valence-electron chi connectivity index (χ3n) is 5.40. The van der Waals surface area contributed by atoms with Gasteiger partial charge in [0.1, 0.15) is 23.7 Å². The second-order valence-electron chi connectivity index (χ2n) is 8.19. The first-order valence-corrected chi connectivity index (χ1v) is 9.84. The lowest BCUT2D eigenvalue weighted by atomic mass is 10.0. The van der Waals surface area contributed by atoms with E-state index in [2.05, 4.69) is 10.1 Å². The standard InChI is InChI=1S/C22H23FN4O3/c1-13(2)16-11-17(14-5-7-15(23)8-6-14)25-27-12-18(24-19(16)27)20(28)26-9-10-30-21(29)22(26,3)4/h5-8,11-13H,9-10H2,1-4H3. The van der Waals surface area contributed by atoms with E-state index < -0.39 is 11.5 Å². The van der Waals surface area contributed by atoms with E-state index in [1.54, 1.807) is 36.7 Å². The Labute approximate surface area is 173 Å². The summed E-state index contributed by atoms with van der Waals surface area (Å²) in [5, 5.41) is 4.59. The van der Waals surface area contributed by atoms with Gasteiger partial charge in [0.15, 0.2) is 5.65 Å². The van der Waals surface area contributed by atoms with Crippen LogP contribution in [-0.2, 0) is 9.53 Å². The van der Waals surface area contributed by atoms with Crippen LogP contribution in [0.1, 0.15) is 49.7 Å². The lowest BCUT2D eigenvalue weighted by molar-refractivity contribution is -0.162. The van der Waals surface area contributed by atoms with E-state index >= 15 is 0 Å². The zero-order valence-electron chi connectivity index (χ0n) is 17.3. The van der Waals surface area contributed by atoms with Crippen LogP contribution in [0.4, 0.5) is 4.39 Å². The number of ether oxygens (including phenoxy) is 1. The Morgan fingerprint density at radius 3 is 2.60 bits per heavy atom. The minimum atomic E-state index is -1.07. The number of nitrogens with zero attached hydrogens (tertiary/aromatic N) is 4. The van der Waals surface area contributed by atoms with Gasteiger partial charge in [-0.05, 0) is 50.1 Å². The molecule has 1 fully saturated rings. The Bertz CT molecular complexity index is 1140. The fraction of sp³-hybridized carbons (Fsp3) is 0.364. The first kappa shape index (κ1) is 20.0. The average molecular weight is 410 g/mol. The predicted octanol–water partition coefficient (Wildman–Crippen LogP) is 3.44. The number of esters is 1. The zero-order valence-corrected chi connectivity index (χ0v) is 17.3. The molecule has 1 saturated heterocycles. The fourth-order valence-electron chi connectivity index (χ4n) is 3.58. The molecule has 8 heteroatoms. The Morgan fingerprint density at radius 2 is 1.93 bits per heavy atom. The number of halogens is 1. The van der Waals surface area contributed by atoms with Gasteiger partial charge in [-0.3, -0.25) is 4.79 Å². The van der Waals surface area contributed by atoms with E-state index in [9.17, 15) is 14.0 Å². The maximum Gasteiger partial charge on any atom is 0.331 e. The summed E-state index contributed by atoms with van der Waals surface area (Å²) in [5.41, 5.74) is 2.06. The van der Waals surface area contributed by atoms with Gasteiger partial charge in [-0.25, -0.2) is 18.7 Å². The lowest BCUT2D eigenvalue weighted by Crippen LogP contribution is -2.58. The molecule has 1 aliphatic heterocycles. The first-order chi connectivity index (χ1) is 14.2.